The van der Waals surface area contributed by atoms with Gasteiger partial charge in [0.1, 0.15) is 12.4 Å². The lowest BCUT2D eigenvalue weighted by atomic mass is 10.1. The van der Waals surface area contributed by atoms with Crippen LogP contribution in [0.15, 0.2) is 48.5 Å². The number of nitrogens with zero attached hydrogens (tertiary/aromatic N) is 4. The number of nitro groups is 1. The number of fused-ring (bicyclic) bond motifs is 2. The zero-order chi connectivity index (χ0) is 24.2. The molecule has 0 saturated heterocycles. The molecule has 34 heavy (non-hydrogen) atoms. The fourth-order valence-corrected chi connectivity index (χ4v) is 5.46. The minimum atomic E-state index is -3.45. The third kappa shape index (κ3) is 3.51. The molecule has 0 bridgehead atoms. The Bertz CT molecular complexity index is 1470. The Morgan fingerprint density at radius 2 is 1.65 bits per heavy atom. The molecular weight excluding hydrogens is 466 g/mol. The average Bonchev–Trinajstić information content (AvgIpc) is 3.36. The second kappa shape index (κ2) is 7.59. The number of anilines is 1. The van der Waals surface area contributed by atoms with Crippen molar-refractivity contribution < 1.29 is 27.7 Å². The van der Waals surface area contributed by atoms with Crippen molar-refractivity contribution in [1.82, 2.24) is 14.7 Å². The van der Waals surface area contributed by atoms with Gasteiger partial charge in [-0.2, -0.15) is 5.10 Å². The minimum Gasteiger partial charge on any atom is -0.309 e. The van der Waals surface area contributed by atoms with Crippen LogP contribution in [0.1, 0.15) is 32.0 Å². The molecule has 0 atom stereocenters. The number of non-ortho nitro benzene ring substituents is 1. The highest BCUT2D eigenvalue weighted by atomic mass is 32.2. The zero-order valence-corrected chi connectivity index (χ0v) is 18.1. The Kier molecular flexibility index (Phi) is 4.79. The van der Waals surface area contributed by atoms with Crippen molar-refractivity contribution in [3.05, 3.63) is 81.0 Å². The van der Waals surface area contributed by atoms with Gasteiger partial charge in [-0.25, -0.2) is 13.1 Å². The van der Waals surface area contributed by atoms with E-state index in [0.29, 0.717) is 5.69 Å². The van der Waals surface area contributed by atoms with Gasteiger partial charge in [-0.05, 0) is 24.3 Å². The Labute approximate surface area is 191 Å². The van der Waals surface area contributed by atoms with Gasteiger partial charge in [0.05, 0.1) is 38.9 Å². The standard InChI is InChI=1S/C21H15N5O7S/c27-18(9-24-20(28)14-3-1-2-4-15(14)21(24)29)22-19-16-10-34(32,33)11-17(16)23-25(19)12-5-7-13(8-6-12)26(30)31/h1-8H,9-11H2,(H,22,27). The maximum absolute atomic E-state index is 12.9. The van der Waals surface area contributed by atoms with Crippen LogP contribution in [0.25, 0.3) is 5.69 Å². The first-order chi connectivity index (χ1) is 16.1. The van der Waals surface area contributed by atoms with Gasteiger partial charge < -0.3 is 5.32 Å². The van der Waals surface area contributed by atoms with E-state index in [1.165, 1.54) is 41.1 Å². The first-order valence-electron chi connectivity index (χ1n) is 9.96. The second-order valence-corrected chi connectivity index (χ2v) is 9.85. The van der Waals surface area contributed by atoms with E-state index in [4.69, 9.17) is 0 Å². The molecule has 2 aliphatic rings. The third-order valence-electron chi connectivity index (χ3n) is 5.53. The highest BCUT2D eigenvalue weighted by molar-refractivity contribution is 7.90. The highest BCUT2D eigenvalue weighted by Gasteiger charge is 2.37. The summed E-state index contributed by atoms with van der Waals surface area (Å²) in [4.78, 5) is 49.2. The van der Waals surface area contributed by atoms with Crippen molar-refractivity contribution in [2.45, 2.75) is 11.5 Å². The summed E-state index contributed by atoms with van der Waals surface area (Å²) in [6.07, 6.45) is 0. The minimum absolute atomic E-state index is 0.0616. The number of carbonyl (C=O) groups is 3. The first kappa shape index (κ1) is 21.5. The van der Waals surface area contributed by atoms with Crippen LogP contribution in [0.5, 0.6) is 0 Å². The molecule has 3 heterocycles. The molecule has 0 spiro atoms. The Balaban J connectivity index is 1.45. The van der Waals surface area contributed by atoms with Crippen LogP contribution in [-0.2, 0) is 26.1 Å². The van der Waals surface area contributed by atoms with E-state index in [1.807, 2.05) is 0 Å². The van der Waals surface area contributed by atoms with Crippen LogP contribution in [0.4, 0.5) is 11.5 Å². The van der Waals surface area contributed by atoms with Crippen LogP contribution < -0.4 is 5.32 Å². The van der Waals surface area contributed by atoms with Crippen molar-refractivity contribution in [1.29, 1.82) is 0 Å². The van der Waals surface area contributed by atoms with Crippen molar-refractivity contribution >= 4 is 39.1 Å². The molecular formula is C21H15N5O7S. The molecule has 5 rings (SSSR count). The quantitative estimate of drug-likeness (QED) is 0.325. The topological polar surface area (TPSA) is 162 Å². The number of aromatic nitrogens is 2. The van der Waals surface area contributed by atoms with Crippen LogP contribution in [0, 0.1) is 10.1 Å². The smallest absolute Gasteiger partial charge is 0.269 e. The van der Waals surface area contributed by atoms with E-state index >= 15 is 0 Å². The van der Waals surface area contributed by atoms with E-state index in [2.05, 4.69) is 10.4 Å². The molecule has 2 aliphatic heterocycles. The lowest BCUT2D eigenvalue weighted by Crippen LogP contribution is -2.37. The predicted molar refractivity (Wildman–Crippen MR) is 117 cm³/mol. The summed E-state index contributed by atoms with van der Waals surface area (Å²) >= 11 is 0. The summed E-state index contributed by atoms with van der Waals surface area (Å²) in [5.41, 5.74) is 1.13. The molecule has 0 fully saturated rings. The third-order valence-corrected chi connectivity index (χ3v) is 6.97. The Morgan fingerprint density at radius 1 is 1.03 bits per heavy atom. The fourth-order valence-electron chi connectivity index (χ4n) is 3.97. The number of imide groups is 1. The average molecular weight is 481 g/mol. The number of rotatable bonds is 5. The van der Waals surface area contributed by atoms with Gasteiger partial charge in [-0.15, -0.1) is 0 Å². The first-order valence-corrected chi connectivity index (χ1v) is 11.8. The van der Waals surface area contributed by atoms with Crippen LogP contribution >= 0.6 is 0 Å². The molecule has 13 heteroatoms. The predicted octanol–water partition coefficient (Wildman–Crippen LogP) is 1.44. The maximum Gasteiger partial charge on any atom is 0.269 e. The van der Waals surface area contributed by atoms with E-state index in [-0.39, 0.29) is 45.4 Å². The molecule has 3 aromatic rings. The van der Waals surface area contributed by atoms with Gasteiger partial charge in [0, 0.05) is 17.7 Å². The summed E-state index contributed by atoms with van der Waals surface area (Å²) < 4.78 is 25.5. The lowest BCUT2D eigenvalue weighted by molar-refractivity contribution is -0.384. The number of carbonyl (C=O) groups excluding carboxylic acids is 3. The normalized spacial score (nSPS) is 15.8. The summed E-state index contributed by atoms with van der Waals surface area (Å²) in [6.45, 7) is -0.584. The maximum atomic E-state index is 12.9. The molecule has 0 unspecified atom stereocenters. The van der Waals surface area contributed by atoms with E-state index < -0.39 is 39.0 Å². The van der Waals surface area contributed by atoms with Gasteiger partial charge in [-0.1, -0.05) is 12.1 Å². The van der Waals surface area contributed by atoms with Crippen molar-refractivity contribution in [3.63, 3.8) is 0 Å². The van der Waals surface area contributed by atoms with Gasteiger partial charge in [0.2, 0.25) is 5.91 Å². The van der Waals surface area contributed by atoms with Crippen LogP contribution in [0.3, 0.4) is 0 Å². The van der Waals surface area contributed by atoms with Gasteiger partial charge in [0.25, 0.3) is 17.5 Å². The molecule has 3 amide bonds. The fraction of sp³-hybridized carbons (Fsp3) is 0.143. The molecule has 0 radical (unpaired) electrons. The summed E-state index contributed by atoms with van der Waals surface area (Å²) in [7, 11) is -3.45. The summed E-state index contributed by atoms with van der Waals surface area (Å²) in [5.74, 6) is -2.54. The molecule has 12 nitrogen and oxygen atoms in total. The largest absolute Gasteiger partial charge is 0.309 e. The van der Waals surface area contributed by atoms with Crippen molar-refractivity contribution in [2.75, 3.05) is 11.9 Å². The van der Waals surface area contributed by atoms with Crippen molar-refractivity contribution in [3.8, 4) is 5.69 Å². The summed E-state index contributed by atoms with van der Waals surface area (Å²) in [6, 6.07) is 11.5. The van der Waals surface area contributed by atoms with Gasteiger partial charge >= 0.3 is 0 Å². The molecule has 1 N–H and O–H groups in total. The number of sulfone groups is 1. The lowest BCUT2D eigenvalue weighted by Gasteiger charge is -2.15. The summed E-state index contributed by atoms with van der Waals surface area (Å²) in [5, 5.41) is 17.8. The number of nitrogens with one attached hydrogen (secondary N) is 1. The van der Waals surface area contributed by atoms with Crippen LogP contribution in [-0.4, -0.2) is 52.3 Å². The molecule has 1 aromatic heterocycles. The zero-order valence-electron chi connectivity index (χ0n) is 17.3. The number of benzene rings is 2. The number of amides is 3. The molecule has 172 valence electrons. The van der Waals surface area contributed by atoms with Gasteiger partial charge in [0.15, 0.2) is 9.84 Å². The van der Waals surface area contributed by atoms with E-state index in [0.717, 1.165) is 4.90 Å². The van der Waals surface area contributed by atoms with E-state index in [9.17, 15) is 32.9 Å². The Morgan fingerprint density at radius 3 is 2.24 bits per heavy atom. The van der Waals surface area contributed by atoms with E-state index in [1.54, 1.807) is 12.1 Å². The number of hydrogen-bond donors (Lipinski definition) is 1. The number of nitro benzene ring substituents is 1. The monoisotopic (exact) mass is 481 g/mol. The number of hydrogen-bond acceptors (Lipinski definition) is 8. The second-order valence-electron chi connectivity index (χ2n) is 7.78. The highest BCUT2D eigenvalue weighted by Crippen LogP contribution is 2.33. The molecule has 0 aliphatic carbocycles. The van der Waals surface area contributed by atoms with Crippen LogP contribution in [0.2, 0.25) is 0 Å². The molecule has 2 aromatic carbocycles. The Hall–Kier alpha value is -4.39. The molecule has 0 saturated carbocycles. The van der Waals surface area contributed by atoms with Gasteiger partial charge in [-0.3, -0.25) is 29.4 Å². The SMILES string of the molecule is O=C(CN1C(=O)c2ccccc2C1=O)Nc1c2c(nn1-c1ccc([N+](=O)[O-])cc1)CS(=O)(=O)C2. The van der Waals surface area contributed by atoms with Crippen molar-refractivity contribution in [2.24, 2.45) is 0 Å².